The van der Waals surface area contributed by atoms with Crippen molar-refractivity contribution in [3.05, 3.63) is 58.6 Å². The van der Waals surface area contributed by atoms with E-state index in [1.807, 2.05) is 12.3 Å². The van der Waals surface area contributed by atoms with Crippen LogP contribution in [0.3, 0.4) is 0 Å². The number of imidazole rings is 1. The summed E-state index contributed by atoms with van der Waals surface area (Å²) >= 11 is 4.53. The van der Waals surface area contributed by atoms with E-state index in [0.29, 0.717) is 15.1 Å². The zero-order valence-electron chi connectivity index (χ0n) is 14.4. The number of hydrogen-bond acceptors (Lipinski definition) is 5. The number of nitrogens with zero attached hydrogens (tertiary/aromatic N) is 2. The summed E-state index contributed by atoms with van der Waals surface area (Å²) in [5.41, 5.74) is 0.705. The van der Waals surface area contributed by atoms with Crippen LogP contribution < -0.4 is 5.32 Å². The molecule has 3 rings (SSSR count). The number of carbonyl (C=O) groups excluding carboxylic acids is 2. The maximum absolute atomic E-state index is 13.9. The molecule has 0 aliphatic rings. The Morgan fingerprint density at radius 3 is 2.81 bits per heavy atom. The van der Waals surface area contributed by atoms with E-state index in [4.69, 9.17) is 4.74 Å². The molecule has 0 saturated carbocycles. The molecule has 1 atom stereocenters. The summed E-state index contributed by atoms with van der Waals surface area (Å²) in [6, 6.07) is 9.59. The first-order valence-electron chi connectivity index (χ1n) is 7.88. The Bertz CT molecular complexity index is 1020. The van der Waals surface area contributed by atoms with Gasteiger partial charge in [-0.1, -0.05) is 33.8 Å². The van der Waals surface area contributed by atoms with Gasteiger partial charge in [0.05, 0.1) is 11.2 Å². The van der Waals surface area contributed by atoms with Crippen LogP contribution >= 0.6 is 27.7 Å². The van der Waals surface area contributed by atoms with Crippen molar-refractivity contribution in [2.45, 2.75) is 18.2 Å². The fraction of sp³-hybridized carbons (Fsp3) is 0.167. The molecule has 0 spiro atoms. The number of nitrogens with one attached hydrogen (secondary N) is 1. The number of esters is 1. The maximum Gasteiger partial charge on any atom is 0.360 e. The Morgan fingerprint density at radius 2 is 2.11 bits per heavy atom. The van der Waals surface area contributed by atoms with E-state index >= 15 is 0 Å². The summed E-state index contributed by atoms with van der Waals surface area (Å²) in [4.78, 5) is 29.0. The number of benzene rings is 1. The van der Waals surface area contributed by atoms with Gasteiger partial charge in [0, 0.05) is 10.7 Å². The molecule has 9 heteroatoms. The fourth-order valence-electron chi connectivity index (χ4n) is 2.40. The quantitative estimate of drug-likeness (QED) is 0.466. The van der Waals surface area contributed by atoms with Gasteiger partial charge in [-0.15, -0.1) is 0 Å². The molecule has 0 fully saturated rings. The summed E-state index contributed by atoms with van der Waals surface area (Å²) in [6.45, 7) is 1.41. The van der Waals surface area contributed by atoms with E-state index in [1.54, 1.807) is 28.8 Å². The monoisotopic (exact) mass is 451 g/mol. The molecule has 0 aliphatic heterocycles. The van der Waals surface area contributed by atoms with Crippen LogP contribution in [0.1, 0.15) is 17.4 Å². The van der Waals surface area contributed by atoms with Crippen molar-refractivity contribution < 1.29 is 18.7 Å². The lowest BCUT2D eigenvalue weighted by Gasteiger charge is -2.13. The highest BCUT2D eigenvalue weighted by Crippen LogP contribution is 2.22. The molecular formula is C18H15BrFN3O3S. The highest BCUT2D eigenvalue weighted by molar-refractivity contribution is 9.10. The molecule has 2 heterocycles. The van der Waals surface area contributed by atoms with Gasteiger partial charge in [0.2, 0.25) is 0 Å². The smallest absolute Gasteiger partial charge is 0.360 e. The summed E-state index contributed by atoms with van der Waals surface area (Å²) in [6.07, 6.45) is 2.51. The number of thioether (sulfide) groups is 1. The van der Waals surface area contributed by atoms with Gasteiger partial charge in [-0.2, -0.15) is 0 Å². The highest BCUT2D eigenvalue weighted by Gasteiger charge is 2.24. The van der Waals surface area contributed by atoms with Crippen LogP contribution in [0.4, 0.5) is 10.1 Å². The van der Waals surface area contributed by atoms with Crippen molar-refractivity contribution in [1.82, 2.24) is 9.38 Å². The van der Waals surface area contributed by atoms with Gasteiger partial charge in [0.1, 0.15) is 5.82 Å². The predicted molar refractivity (Wildman–Crippen MR) is 105 cm³/mol. The lowest BCUT2D eigenvalue weighted by molar-refractivity contribution is -0.123. The third kappa shape index (κ3) is 4.14. The van der Waals surface area contributed by atoms with Crippen molar-refractivity contribution >= 4 is 50.8 Å². The third-order valence-electron chi connectivity index (χ3n) is 3.73. The van der Waals surface area contributed by atoms with Gasteiger partial charge >= 0.3 is 5.97 Å². The first-order valence-corrected chi connectivity index (χ1v) is 9.90. The van der Waals surface area contributed by atoms with Crippen molar-refractivity contribution in [3.8, 4) is 0 Å². The summed E-state index contributed by atoms with van der Waals surface area (Å²) in [5, 5.41) is 3.04. The largest absolute Gasteiger partial charge is 0.448 e. The average molecular weight is 452 g/mol. The minimum atomic E-state index is -1.13. The molecule has 1 amide bonds. The number of rotatable bonds is 5. The molecule has 0 radical (unpaired) electrons. The molecule has 0 aliphatic carbocycles. The van der Waals surface area contributed by atoms with Gasteiger partial charge in [0.25, 0.3) is 5.91 Å². The molecule has 1 aromatic carbocycles. The zero-order valence-corrected chi connectivity index (χ0v) is 16.8. The number of hydrogen-bond donors (Lipinski definition) is 1. The van der Waals surface area contributed by atoms with Crippen LogP contribution in [-0.2, 0) is 9.53 Å². The van der Waals surface area contributed by atoms with Crippen LogP contribution in [0, 0.1) is 5.82 Å². The molecule has 27 heavy (non-hydrogen) atoms. The predicted octanol–water partition coefficient (Wildman–Crippen LogP) is 4.14. The van der Waals surface area contributed by atoms with E-state index in [2.05, 4.69) is 26.2 Å². The Morgan fingerprint density at radius 1 is 1.33 bits per heavy atom. The van der Waals surface area contributed by atoms with Gasteiger partial charge in [-0.3, -0.25) is 9.20 Å². The molecule has 6 nitrogen and oxygen atoms in total. The Kier molecular flexibility index (Phi) is 5.81. The van der Waals surface area contributed by atoms with Crippen LogP contribution in [0.25, 0.3) is 5.52 Å². The van der Waals surface area contributed by atoms with Gasteiger partial charge in [0.15, 0.2) is 17.0 Å². The summed E-state index contributed by atoms with van der Waals surface area (Å²) in [7, 11) is 0. The topological polar surface area (TPSA) is 72.7 Å². The SMILES string of the molecule is CSc1nc(C(=O)OC(C)C(=O)Nc2ccc(Br)cc2F)c2ccccn12. The third-order valence-corrected chi connectivity index (χ3v) is 4.88. The minimum absolute atomic E-state index is 0.00297. The normalized spacial score (nSPS) is 12.0. The maximum atomic E-state index is 13.9. The second kappa shape index (κ2) is 8.10. The molecule has 2 aromatic heterocycles. The Hall–Kier alpha value is -2.39. The molecule has 140 valence electrons. The van der Waals surface area contributed by atoms with E-state index < -0.39 is 23.8 Å². The number of pyridine rings is 1. The molecule has 0 saturated heterocycles. The Labute approximate surface area is 167 Å². The lowest BCUT2D eigenvalue weighted by atomic mass is 10.3. The molecule has 1 N–H and O–H groups in total. The minimum Gasteiger partial charge on any atom is -0.448 e. The first kappa shape index (κ1) is 19.4. The standard InChI is InChI=1S/C18H15BrFN3O3S/c1-10(16(24)21-13-7-6-11(19)9-12(13)20)26-17(25)15-14-5-3-4-8-23(14)18(22-15)27-2/h3-10H,1-2H3,(H,21,24). The first-order chi connectivity index (χ1) is 12.9. The highest BCUT2D eigenvalue weighted by atomic mass is 79.9. The van der Waals surface area contributed by atoms with Crippen molar-refractivity contribution in [2.75, 3.05) is 11.6 Å². The van der Waals surface area contributed by atoms with Gasteiger partial charge in [-0.05, 0) is 43.5 Å². The number of aromatic nitrogens is 2. The van der Waals surface area contributed by atoms with E-state index in [0.717, 1.165) is 0 Å². The molecular weight excluding hydrogens is 437 g/mol. The second-order valence-electron chi connectivity index (χ2n) is 5.56. The zero-order chi connectivity index (χ0) is 19.6. The Balaban J connectivity index is 1.75. The fourth-order valence-corrected chi connectivity index (χ4v) is 3.27. The summed E-state index contributed by atoms with van der Waals surface area (Å²) in [5.74, 6) is -1.96. The number of halogens is 2. The lowest BCUT2D eigenvalue weighted by Crippen LogP contribution is -2.30. The van der Waals surface area contributed by atoms with Crippen LogP contribution in [0.2, 0.25) is 0 Å². The number of amides is 1. The number of carbonyl (C=O) groups is 2. The van der Waals surface area contributed by atoms with Gasteiger partial charge < -0.3 is 10.1 Å². The van der Waals surface area contributed by atoms with E-state index in [9.17, 15) is 14.0 Å². The molecule has 3 aromatic rings. The van der Waals surface area contributed by atoms with Gasteiger partial charge in [-0.25, -0.2) is 14.2 Å². The van der Waals surface area contributed by atoms with Crippen molar-refractivity contribution in [3.63, 3.8) is 0 Å². The molecule has 0 bridgehead atoms. The number of ether oxygens (including phenoxy) is 1. The number of anilines is 1. The second-order valence-corrected chi connectivity index (χ2v) is 7.25. The van der Waals surface area contributed by atoms with Crippen LogP contribution in [-0.4, -0.2) is 33.6 Å². The average Bonchev–Trinajstić information content (AvgIpc) is 3.03. The van der Waals surface area contributed by atoms with E-state index in [1.165, 1.54) is 30.8 Å². The van der Waals surface area contributed by atoms with Crippen LogP contribution in [0.15, 0.2) is 52.2 Å². The van der Waals surface area contributed by atoms with Crippen molar-refractivity contribution in [2.24, 2.45) is 0 Å². The molecule has 1 unspecified atom stereocenters. The van der Waals surface area contributed by atoms with Crippen LogP contribution in [0.5, 0.6) is 0 Å². The van der Waals surface area contributed by atoms with Crippen molar-refractivity contribution in [1.29, 1.82) is 0 Å². The number of fused-ring (bicyclic) bond motifs is 1. The summed E-state index contributed by atoms with van der Waals surface area (Å²) < 4.78 is 21.4. The van der Waals surface area contributed by atoms with E-state index in [-0.39, 0.29) is 11.4 Å².